The number of likely N-dealkylation sites (tertiary alicyclic amines) is 1. The van der Waals surface area contributed by atoms with Crippen LogP contribution in [0, 0.1) is 0 Å². The predicted octanol–water partition coefficient (Wildman–Crippen LogP) is 2.50. The highest BCUT2D eigenvalue weighted by Gasteiger charge is 2.42. The topological polar surface area (TPSA) is 40.5 Å². The van der Waals surface area contributed by atoms with Crippen LogP contribution in [0.2, 0.25) is 0 Å². The van der Waals surface area contributed by atoms with E-state index in [1.165, 1.54) is 0 Å². The second-order valence-electron chi connectivity index (χ2n) is 4.44. The van der Waals surface area contributed by atoms with Gasteiger partial charge < -0.3 is 5.11 Å². The Morgan fingerprint density at radius 2 is 1.76 bits per heavy atom. The summed E-state index contributed by atoms with van der Waals surface area (Å²) in [6.07, 6.45) is 2.19. The van der Waals surface area contributed by atoms with Crippen LogP contribution >= 0.6 is 12.4 Å². The van der Waals surface area contributed by atoms with E-state index in [1.54, 1.807) is 6.92 Å². The third kappa shape index (κ3) is 2.45. The molecule has 4 heteroatoms. The molecule has 3 nitrogen and oxygen atoms in total. The lowest BCUT2D eigenvalue weighted by molar-refractivity contribution is -0.150. The van der Waals surface area contributed by atoms with E-state index in [0.717, 1.165) is 31.5 Å². The molecule has 0 bridgehead atoms. The smallest absolute Gasteiger partial charge is 0.328 e. The summed E-state index contributed by atoms with van der Waals surface area (Å²) < 4.78 is 0. The van der Waals surface area contributed by atoms with Crippen molar-refractivity contribution in [2.75, 3.05) is 13.1 Å². The first-order valence-electron chi connectivity index (χ1n) is 5.69. The third-order valence-electron chi connectivity index (χ3n) is 3.49. The predicted molar refractivity (Wildman–Crippen MR) is 69.5 cm³/mol. The SMILES string of the molecule is CC(C(=O)O)(c1ccccc1)N1CCCC1.Cl. The maximum atomic E-state index is 11.6. The van der Waals surface area contributed by atoms with Crippen molar-refractivity contribution in [1.29, 1.82) is 0 Å². The molecular formula is C13H18ClNO2. The van der Waals surface area contributed by atoms with Crippen molar-refractivity contribution in [3.05, 3.63) is 35.9 Å². The van der Waals surface area contributed by atoms with Crippen molar-refractivity contribution in [3.63, 3.8) is 0 Å². The van der Waals surface area contributed by atoms with Gasteiger partial charge in [-0.2, -0.15) is 0 Å². The van der Waals surface area contributed by atoms with Gasteiger partial charge in [-0.3, -0.25) is 4.90 Å². The monoisotopic (exact) mass is 255 g/mol. The first-order valence-corrected chi connectivity index (χ1v) is 5.69. The van der Waals surface area contributed by atoms with Gasteiger partial charge in [-0.25, -0.2) is 4.79 Å². The lowest BCUT2D eigenvalue weighted by Gasteiger charge is -2.35. The van der Waals surface area contributed by atoms with Crippen LogP contribution < -0.4 is 0 Å². The fraction of sp³-hybridized carbons (Fsp3) is 0.462. The maximum absolute atomic E-state index is 11.6. The van der Waals surface area contributed by atoms with Crippen LogP contribution in [-0.4, -0.2) is 29.1 Å². The Labute approximate surface area is 108 Å². The Balaban J connectivity index is 0.00000144. The molecule has 1 fully saturated rings. The molecule has 0 radical (unpaired) electrons. The van der Waals surface area contributed by atoms with Crippen LogP contribution in [-0.2, 0) is 10.3 Å². The van der Waals surface area contributed by atoms with Crippen LogP contribution in [0.25, 0.3) is 0 Å². The van der Waals surface area contributed by atoms with E-state index in [-0.39, 0.29) is 12.4 Å². The number of hydrogen-bond acceptors (Lipinski definition) is 2. The van der Waals surface area contributed by atoms with Crippen molar-refractivity contribution in [3.8, 4) is 0 Å². The highest BCUT2D eigenvalue weighted by molar-refractivity contribution is 5.85. The molecule has 1 aliphatic heterocycles. The van der Waals surface area contributed by atoms with Crippen LogP contribution in [0.3, 0.4) is 0 Å². The number of carboxylic acid groups (broad SMARTS) is 1. The summed E-state index contributed by atoms with van der Waals surface area (Å²) in [7, 11) is 0. The molecule has 0 spiro atoms. The number of carbonyl (C=O) groups is 1. The van der Waals surface area contributed by atoms with Crippen LogP contribution in [0.15, 0.2) is 30.3 Å². The summed E-state index contributed by atoms with van der Waals surface area (Å²) >= 11 is 0. The van der Waals surface area contributed by atoms with Crippen molar-refractivity contribution in [2.24, 2.45) is 0 Å². The zero-order chi connectivity index (χ0) is 11.6. The third-order valence-corrected chi connectivity index (χ3v) is 3.49. The number of benzene rings is 1. The Morgan fingerprint density at radius 3 is 2.24 bits per heavy atom. The Hall–Kier alpha value is -1.06. The summed E-state index contributed by atoms with van der Waals surface area (Å²) in [5.41, 5.74) is -0.0120. The van der Waals surface area contributed by atoms with Crippen LogP contribution in [0.1, 0.15) is 25.3 Å². The molecule has 1 heterocycles. The zero-order valence-electron chi connectivity index (χ0n) is 9.93. The van der Waals surface area contributed by atoms with Gasteiger partial charge in [0.25, 0.3) is 0 Å². The van der Waals surface area contributed by atoms with Gasteiger partial charge in [0.05, 0.1) is 0 Å². The molecular weight excluding hydrogens is 238 g/mol. The minimum Gasteiger partial charge on any atom is -0.480 e. The lowest BCUT2D eigenvalue weighted by Crippen LogP contribution is -2.48. The number of aliphatic carboxylic acids is 1. The minimum absolute atomic E-state index is 0. The minimum atomic E-state index is -0.877. The molecule has 1 saturated heterocycles. The van der Waals surface area contributed by atoms with Crippen LogP contribution in [0.5, 0.6) is 0 Å². The normalized spacial score (nSPS) is 19.4. The molecule has 0 aliphatic carbocycles. The number of rotatable bonds is 3. The van der Waals surface area contributed by atoms with Gasteiger partial charge in [0.1, 0.15) is 5.54 Å². The molecule has 1 atom stereocenters. The first-order chi connectivity index (χ1) is 7.65. The summed E-state index contributed by atoms with van der Waals surface area (Å²) in [6, 6.07) is 9.49. The van der Waals surface area contributed by atoms with Crippen molar-refractivity contribution in [2.45, 2.75) is 25.3 Å². The highest BCUT2D eigenvalue weighted by atomic mass is 35.5. The Kier molecular flexibility index (Phi) is 4.54. The summed E-state index contributed by atoms with van der Waals surface area (Å²) in [5.74, 6) is -0.763. The van der Waals surface area contributed by atoms with Gasteiger partial charge in [0.15, 0.2) is 0 Å². The van der Waals surface area contributed by atoms with E-state index in [2.05, 4.69) is 4.90 Å². The Bertz CT molecular complexity index is 376. The molecule has 0 saturated carbocycles. The Morgan fingerprint density at radius 1 is 1.24 bits per heavy atom. The van der Waals surface area contributed by atoms with Gasteiger partial charge in [0, 0.05) is 0 Å². The second-order valence-corrected chi connectivity index (χ2v) is 4.44. The second kappa shape index (κ2) is 5.52. The standard InChI is InChI=1S/C13H17NO2.ClH/c1-13(12(15)16,14-9-5-6-10-14)11-7-3-2-4-8-11;/h2-4,7-8H,5-6,9-10H2,1H3,(H,15,16);1H. The number of halogens is 1. The highest BCUT2D eigenvalue weighted by Crippen LogP contribution is 2.31. The van der Waals surface area contributed by atoms with E-state index in [9.17, 15) is 9.90 Å². The average Bonchev–Trinajstić information content (AvgIpc) is 2.82. The van der Waals surface area contributed by atoms with E-state index >= 15 is 0 Å². The molecule has 1 unspecified atom stereocenters. The zero-order valence-corrected chi connectivity index (χ0v) is 10.7. The fourth-order valence-corrected chi connectivity index (χ4v) is 2.37. The maximum Gasteiger partial charge on any atom is 0.328 e. The number of hydrogen-bond donors (Lipinski definition) is 1. The fourth-order valence-electron chi connectivity index (χ4n) is 2.37. The van der Waals surface area contributed by atoms with Crippen molar-refractivity contribution >= 4 is 18.4 Å². The van der Waals surface area contributed by atoms with Crippen LogP contribution in [0.4, 0.5) is 0 Å². The molecule has 17 heavy (non-hydrogen) atoms. The van der Waals surface area contributed by atoms with E-state index in [4.69, 9.17) is 0 Å². The number of carboxylic acids is 1. The van der Waals surface area contributed by atoms with Gasteiger partial charge in [-0.15, -0.1) is 12.4 Å². The average molecular weight is 256 g/mol. The lowest BCUT2D eigenvalue weighted by atomic mass is 9.90. The molecule has 1 N–H and O–H groups in total. The van der Waals surface area contributed by atoms with Crippen molar-refractivity contribution < 1.29 is 9.90 Å². The van der Waals surface area contributed by atoms with Gasteiger partial charge in [0.2, 0.25) is 0 Å². The van der Waals surface area contributed by atoms with Gasteiger partial charge in [-0.1, -0.05) is 30.3 Å². The van der Waals surface area contributed by atoms with Gasteiger partial charge >= 0.3 is 5.97 Å². The molecule has 1 aliphatic rings. The summed E-state index contributed by atoms with van der Waals surface area (Å²) in [5, 5.41) is 9.50. The quantitative estimate of drug-likeness (QED) is 0.902. The van der Waals surface area contributed by atoms with E-state index in [1.807, 2.05) is 30.3 Å². The first kappa shape index (κ1) is 14.0. The number of nitrogens with zero attached hydrogens (tertiary/aromatic N) is 1. The van der Waals surface area contributed by atoms with Crippen molar-refractivity contribution in [1.82, 2.24) is 4.90 Å². The van der Waals surface area contributed by atoms with Gasteiger partial charge in [-0.05, 0) is 38.4 Å². The molecule has 94 valence electrons. The summed E-state index contributed by atoms with van der Waals surface area (Å²) in [4.78, 5) is 13.6. The molecule has 0 aromatic heterocycles. The molecule has 2 rings (SSSR count). The van der Waals surface area contributed by atoms with E-state index < -0.39 is 11.5 Å². The molecule has 0 amide bonds. The summed E-state index contributed by atoms with van der Waals surface area (Å²) in [6.45, 7) is 3.55. The molecule has 1 aromatic rings. The van der Waals surface area contributed by atoms with E-state index in [0.29, 0.717) is 0 Å². The largest absolute Gasteiger partial charge is 0.480 e. The molecule has 1 aromatic carbocycles.